The van der Waals surface area contributed by atoms with Crippen LogP contribution in [0.15, 0.2) is 12.1 Å². The third-order valence-electron chi connectivity index (χ3n) is 1.68. The van der Waals surface area contributed by atoms with Gasteiger partial charge in [-0.25, -0.2) is 4.39 Å². The van der Waals surface area contributed by atoms with E-state index in [0.717, 1.165) is 12.1 Å². The standard InChI is InChI=1S/C9H9FO3/c10-7-5-8(12)6(2-1-3-11)4-9(7)13/h3-5,12-13H,1-2H2. The van der Waals surface area contributed by atoms with Gasteiger partial charge in [-0.05, 0) is 18.1 Å². The fourth-order valence-corrected chi connectivity index (χ4v) is 1.01. The third kappa shape index (κ3) is 2.18. The largest absolute Gasteiger partial charge is 0.508 e. The number of aldehydes is 1. The summed E-state index contributed by atoms with van der Waals surface area (Å²) in [5.41, 5.74) is 0.367. The molecule has 0 aromatic heterocycles. The highest BCUT2D eigenvalue weighted by molar-refractivity contribution is 5.51. The Morgan fingerprint density at radius 1 is 1.31 bits per heavy atom. The summed E-state index contributed by atoms with van der Waals surface area (Å²) in [6.45, 7) is 0. The lowest BCUT2D eigenvalue weighted by Gasteiger charge is -2.03. The molecule has 4 heteroatoms. The van der Waals surface area contributed by atoms with Crippen LogP contribution in [0, 0.1) is 5.82 Å². The van der Waals surface area contributed by atoms with E-state index in [1.807, 2.05) is 0 Å². The van der Waals surface area contributed by atoms with Crippen LogP contribution in [0.1, 0.15) is 12.0 Å². The zero-order chi connectivity index (χ0) is 9.84. The quantitative estimate of drug-likeness (QED) is 0.551. The van der Waals surface area contributed by atoms with E-state index >= 15 is 0 Å². The lowest BCUT2D eigenvalue weighted by atomic mass is 10.1. The maximum atomic E-state index is 12.6. The lowest BCUT2D eigenvalue weighted by molar-refractivity contribution is -0.107. The second-order valence-corrected chi connectivity index (χ2v) is 2.64. The summed E-state index contributed by atoms with van der Waals surface area (Å²) in [5, 5.41) is 18.1. The molecule has 0 spiro atoms. The van der Waals surface area contributed by atoms with E-state index in [9.17, 15) is 14.3 Å². The predicted octanol–water partition coefficient (Wildman–Crippen LogP) is 1.37. The van der Waals surface area contributed by atoms with Gasteiger partial charge in [0, 0.05) is 12.5 Å². The Morgan fingerprint density at radius 2 is 2.00 bits per heavy atom. The summed E-state index contributed by atoms with van der Waals surface area (Å²) in [5.74, 6) is -1.62. The number of hydrogen-bond acceptors (Lipinski definition) is 3. The number of aromatic hydroxyl groups is 2. The van der Waals surface area contributed by atoms with Crippen LogP contribution in [0.5, 0.6) is 11.5 Å². The molecule has 1 aromatic carbocycles. The van der Waals surface area contributed by atoms with Gasteiger partial charge in [-0.3, -0.25) is 0 Å². The van der Waals surface area contributed by atoms with E-state index in [4.69, 9.17) is 5.11 Å². The third-order valence-corrected chi connectivity index (χ3v) is 1.68. The normalized spacial score (nSPS) is 9.92. The Hall–Kier alpha value is -1.58. The number of carbonyl (C=O) groups excluding carboxylic acids is 1. The molecule has 0 atom stereocenters. The average molecular weight is 184 g/mol. The van der Waals surface area contributed by atoms with Crippen molar-refractivity contribution in [2.45, 2.75) is 12.8 Å². The Kier molecular flexibility index (Phi) is 2.84. The summed E-state index contributed by atoms with van der Waals surface area (Å²) in [6, 6.07) is 1.95. The first-order valence-corrected chi connectivity index (χ1v) is 3.79. The second kappa shape index (κ2) is 3.89. The average Bonchev–Trinajstić information content (AvgIpc) is 2.09. The molecule has 0 amide bonds. The lowest BCUT2D eigenvalue weighted by Crippen LogP contribution is -1.88. The van der Waals surface area contributed by atoms with E-state index in [2.05, 4.69) is 0 Å². The van der Waals surface area contributed by atoms with Gasteiger partial charge in [-0.15, -0.1) is 0 Å². The van der Waals surface area contributed by atoms with Crippen LogP contribution >= 0.6 is 0 Å². The van der Waals surface area contributed by atoms with Crippen molar-refractivity contribution in [3.8, 4) is 11.5 Å². The SMILES string of the molecule is O=CCCc1cc(O)c(F)cc1O. The Labute approximate surface area is 74.4 Å². The highest BCUT2D eigenvalue weighted by Crippen LogP contribution is 2.26. The van der Waals surface area contributed by atoms with Gasteiger partial charge in [0.2, 0.25) is 0 Å². The predicted molar refractivity (Wildman–Crippen MR) is 44.1 cm³/mol. The van der Waals surface area contributed by atoms with Crippen molar-refractivity contribution >= 4 is 6.29 Å². The molecule has 3 nitrogen and oxygen atoms in total. The van der Waals surface area contributed by atoms with Gasteiger partial charge in [0.25, 0.3) is 0 Å². The summed E-state index contributed by atoms with van der Waals surface area (Å²) in [6.07, 6.45) is 1.22. The Bertz CT molecular complexity index is 323. The van der Waals surface area contributed by atoms with Crippen LogP contribution in [0.4, 0.5) is 4.39 Å². The van der Waals surface area contributed by atoms with Gasteiger partial charge in [0.05, 0.1) is 0 Å². The molecular formula is C9H9FO3. The number of aryl methyl sites for hydroxylation is 1. The fraction of sp³-hybridized carbons (Fsp3) is 0.222. The van der Waals surface area contributed by atoms with Crippen molar-refractivity contribution in [1.29, 1.82) is 0 Å². The molecule has 1 aromatic rings. The molecule has 0 radical (unpaired) electrons. The monoisotopic (exact) mass is 184 g/mol. The molecule has 1 rings (SSSR count). The minimum absolute atomic E-state index is 0.235. The van der Waals surface area contributed by atoms with Gasteiger partial charge in [-0.1, -0.05) is 0 Å². The molecule has 0 saturated carbocycles. The molecule has 2 N–H and O–H groups in total. The van der Waals surface area contributed by atoms with Crippen LogP contribution in [-0.4, -0.2) is 16.5 Å². The Balaban J connectivity index is 2.94. The zero-order valence-corrected chi connectivity index (χ0v) is 6.83. The maximum absolute atomic E-state index is 12.6. The molecule has 0 aliphatic rings. The van der Waals surface area contributed by atoms with Crippen molar-refractivity contribution in [3.63, 3.8) is 0 Å². The minimum atomic E-state index is -0.868. The Morgan fingerprint density at radius 3 is 2.62 bits per heavy atom. The number of rotatable bonds is 3. The van der Waals surface area contributed by atoms with E-state index in [0.29, 0.717) is 18.3 Å². The van der Waals surface area contributed by atoms with Crippen LogP contribution in [-0.2, 0) is 11.2 Å². The summed E-state index contributed by atoms with van der Waals surface area (Å²) in [7, 11) is 0. The summed E-state index contributed by atoms with van der Waals surface area (Å²) >= 11 is 0. The molecule has 0 saturated heterocycles. The van der Waals surface area contributed by atoms with E-state index in [1.165, 1.54) is 0 Å². The maximum Gasteiger partial charge on any atom is 0.168 e. The summed E-state index contributed by atoms with van der Waals surface area (Å²) in [4.78, 5) is 10.0. The first kappa shape index (κ1) is 9.51. The van der Waals surface area contributed by atoms with Gasteiger partial charge in [0.1, 0.15) is 12.0 Å². The number of benzene rings is 1. The molecule has 0 heterocycles. The van der Waals surface area contributed by atoms with Crippen LogP contribution in [0.2, 0.25) is 0 Å². The van der Waals surface area contributed by atoms with Crippen molar-refractivity contribution < 1.29 is 19.4 Å². The van der Waals surface area contributed by atoms with E-state index in [1.54, 1.807) is 0 Å². The number of phenolic OH excluding ortho intramolecular Hbond substituents is 2. The molecule has 0 unspecified atom stereocenters. The number of carbonyl (C=O) groups is 1. The van der Waals surface area contributed by atoms with Crippen LogP contribution < -0.4 is 0 Å². The molecule has 0 fully saturated rings. The number of halogens is 1. The first-order chi connectivity index (χ1) is 6.15. The smallest absolute Gasteiger partial charge is 0.168 e. The molecule has 13 heavy (non-hydrogen) atoms. The fourth-order valence-electron chi connectivity index (χ4n) is 1.01. The molecule has 0 bridgehead atoms. The zero-order valence-electron chi connectivity index (χ0n) is 6.83. The highest BCUT2D eigenvalue weighted by Gasteiger charge is 2.07. The van der Waals surface area contributed by atoms with Crippen LogP contribution in [0.25, 0.3) is 0 Å². The molecular weight excluding hydrogens is 175 g/mol. The molecule has 0 aliphatic heterocycles. The van der Waals surface area contributed by atoms with Crippen molar-refractivity contribution in [1.82, 2.24) is 0 Å². The number of phenols is 2. The van der Waals surface area contributed by atoms with Gasteiger partial charge in [-0.2, -0.15) is 0 Å². The topological polar surface area (TPSA) is 57.5 Å². The van der Waals surface area contributed by atoms with Crippen molar-refractivity contribution in [2.75, 3.05) is 0 Å². The van der Waals surface area contributed by atoms with E-state index in [-0.39, 0.29) is 12.2 Å². The number of hydrogen-bond donors (Lipinski definition) is 2. The minimum Gasteiger partial charge on any atom is -0.508 e. The second-order valence-electron chi connectivity index (χ2n) is 2.64. The molecule has 70 valence electrons. The molecule has 0 aliphatic carbocycles. The highest BCUT2D eigenvalue weighted by atomic mass is 19.1. The first-order valence-electron chi connectivity index (χ1n) is 3.79. The van der Waals surface area contributed by atoms with Gasteiger partial charge in [0.15, 0.2) is 11.6 Å². The van der Waals surface area contributed by atoms with Gasteiger partial charge < -0.3 is 15.0 Å². The summed E-state index contributed by atoms with van der Waals surface area (Å²) < 4.78 is 12.6. The van der Waals surface area contributed by atoms with Crippen LogP contribution in [0.3, 0.4) is 0 Å². The van der Waals surface area contributed by atoms with Crippen molar-refractivity contribution in [2.24, 2.45) is 0 Å². The van der Waals surface area contributed by atoms with E-state index < -0.39 is 11.6 Å². The van der Waals surface area contributed by atoms with Gasteiger partial charge >= 0.3 is 0 Å². The van der Waals surface area contributed by atoms with Crippen molar-refractivity contribution in [3.05, 3.63) is 23.5 Å².